The van der Waals surface area contributed by atoms with E-state index in [0.717, 1.165) is 24.1 Å². The van der Waals surface area contributed by atoms with E-state index in [1.165, 1.54) is 5.57 Å². The van der Waals surface area contributed by atoms with E-state index in [4.69, 9.17) is 14.2 Å². The fraction of sp³-hybridized carbons (Fsp3) is 0.609. The molecular weight excluding hydrogens is 400 g/mol. The van der Waals surface area contributed by atoms with E-state index in [1.807, 2.05) is 17.0 Å². The Morgan fingerprint density at radius 1 is 1.26 bits per heavy atom. The molecule has 5 aliphatic heterocycles. The molecule has 0 aromatic heterocycles. The molecule has 2 bridgehead atoms. The lowest BCUT2D eigenvalue weighted by atomic mass is 9.53. The number of piperidine rings is 2. The lowest BCUT2D eigenvalue weighted by molar-refractivity contribution is -0.896. The van der Waals surface area contributed by atoms with E-state index >= 15 is 0 Å². The van der Waals surface area contributed by atoms with E-state index < -0.39 is 0 Å². The molecular formula is C23H28N2O6. The van der Waals surface area contributed by atoms with Crippen LogP contribution < -0.4 is 14.4 Å². The van der Waals surface area contributed by atoms with Crippen molar-refractivity contribution in [3.8, 4) is 11.5 Å². The quantitative estimate of drug-likeness (QED) is 0.401. The van der Waals surface area contributed by atoms with E-state index in [0.29, 0.717) is 43.5 Å². The molecule has 3 saturated heterocycles. The second-order valence-corrected chi connectivity index (χ2v) is 9.85. The number of anilines is 1. The highest BCUT2D eigenvalue weighted by molar-refractivity contribution is 5.99. The van der Waals surface area contributed by atoms with Crippen molar-refractivity contribution in [1.82, 2.24) is 0 Å². The summed E-state index contributed by atoms with van der Waals surface area (Å²) in [6.45, 7) is 1.70. The summed E-state index contributed by atoms with van der Waals surface area (Å²) in [7, 11) is 3.26. The van der Waals surface area contributed by atoms with Gasteiger partial charge in [-0.15, -0.1) is 0 Å². The maximum Gasteiger partial charge on any atom is 0.229 e. The van der Waals surface area contributed by atoms with Crippen LogP contribution in [0.5, 0.6) is 11.5 Å². The molecule has 1 saturated carbocycles. The number of fused-ring (bicyclic) bond motifs is 2. The summed E-state index contributed by atoms with van der Waals surface area (Å²) in [6, 6.07) is 3.96. The summed E-state index contributed by atoms with van der Waals surface area (Å²) in [4.78, 5) is 15.5. The number of hydroxylamine groups is 3. The minimum Gasteiger partial charge on any atom is -0.632 e. The van der Waals surface area contributed by atoms with Crippen molar-refractivity contribution in [3.05, 3.63) is 34.6 Å². The number of carbonyl (C=O) groups is 1. The number of hydrogen-bond donors (Lipinski definition) is 0. The summed E-state index contributed by atoms with van der Waals surface area (Å²) in [5, 5.41) is 14.1. The molecule has 7 rings (SSSR count). The molecule has 1 aliphatic carbocycles. The first-order valence-electron chi connectivity index (χ1n) is 11.0. The van der Waals surface area contributed by atoms with Crippen LogP contribution in [0.15, 0.2) is 23.8 Å². The largest absolute Gasteiger partial charge is 0.632 e. The van der Waals surface area contributed by atoms with Gasteiger partial charge in [0, 0.05) is 24.8 Å². The molecule has 2 N–H and O–H groups in total. The van der Waals surface area contributed by atoms with E-state index in [1.54, 1.807) is 14.2 Å². The molecule has 1 aromatic carbocycles. The third-order valence-electron chi connectivity index (χ3n) is 9.10. The molecule has 5 heterocycles. The zero-order chi connectivity index (χ0) is 20.4. The third-order valence-corrected chi connectivity index (χ3v) is 9.10. The van der Waals surface area contributed by atoms with Gasteiger partial charge in [-0.3, -0.25) is 4.79 Å². The van der Waals surface area contributed by atoms with Crippen LogP contribution in [0, 0.1) is 17.0 Å². The molecule has 0 radical (unpaired) electrons. The Morgan fingerprint density at radius 2 is 2.03 bits per heavy atom. The Kier molecular flexibility index (Phi) is 3.79. The molecule has 4 fully saturated rings. The fourth-order valence-electron chi connectivity index (χ4n) is 8.13. The van der Waals surface area contributed by atoms with Gasteiger partial charge in [-0.1, -0.05) is 6.08 Å². The number of quaternary nitrogens is 1. The molecule has 31 heavy (non-hydrogen) atoms. The third kappa shape index (κ3) is 2.03. The summed E-state index contributed by atoms with van der Waals surface area (Å²) in [5.41, 5.74) is 2.96. The second-order valence-electron chi connectivity index (χ2n) is 9.85. The van der Waals surface area contributed by atoms with Crippen molar-refractivity contribution in [2.24, 2.45) is 11.8 Å². The Bertz CT molecular complexity index is 1030. The highest BCUT2D eigenvalue weighted by Crippen LogP contribution is 2.68. The maximum atomic E-state index is 14.1. The number of amides is 1. The second kappa shape index (κ2) is 6.01. The summed E-state index contributed by atoms with van der Waals surface area (Å²) in [5.74, 6) is 1.98. The molecule has 166 valence electrons. The van der Waals surface area contributed by atoms with Gasteiger partial charge in [0.15, 0.2) is 11.5 Å². The van der Waals surface area contributed by atoms with Crippen molar-refractivity contribution in [2.75, 3.05) is 38.8 Å². The Morgan fingerprint density at radius 3 is 2.81 bits per heavy atom. The summed E-state index contributed by atoms with van der Waals surface area (Å²) in [6.07, 6.45) is 4.18. The molecule has 8 nitrogen and oxygen atoms in total. The van der Waals surface area contributed by atoms with E-state index in [2.05, 4.69) is 6.08 Å². The average molecular weight is 428 g/mol. The SMILES string of the molecule is COc1cc2c(cc1OC)[C@@]13CC[N@@+]4([O-])CC5=CCO[C@H]6CC(=O)N2[C@H]1[C@H]6[C@H]5C[C@@H]34.O. The van der Waals surface area contributed by atoms with Gasteiger partial charge < -0.3 is 34.4 Å². The van der Waals surface area contributed by atoms with E-state index in [9.17, 15) is 10.0 Å². The number of benzene rings is 1. The Hall–Kier alpha value is -2.13. The zero-order valence-corrected chi connectivity index (χ0v) is 17.8. The number of hydrogen-bond acceptors (Lipinski definition) is 5. The molecule has 7 atom stereocenters. The van der Waals surface area contributed by atoms with Gasteiger partial charge in [0.25, 0.3) is 0 Å². The molecule has 1 spiro atoms. The lowest BCUT2D eigenvalue weighted by Gasteiger charge is -2.61. The van der Waals surface area contributed by atoms with Crippen LogP contribution in [-0.2, 0) is 14.9 Å². The topological polar surface area (TPSA) is 103 Å². The van der Waals surface area contributed by atoms with Crippen molar-refractivity contribution < 1.29 is 29.1 Å². The van der Waals surface area contributed by atoms with Crippen LogP contribution in [0.3, 0.4) is 0 Å². The highest BCUT2D eigenvalue weighted by Gasteiger charge is 2.74. The highest BCUT2D eigenvalue weighted by atomic mass is 16.6. The first kappa shape index (κ1) is 19.5. The normalized spacial score (nSPS) is 42.9. The van der Waals surface area contributed by atoms with Gasteiger partial charge in [-0.25, -0.2) is 0 Å². The molecule has 1 aromatic rings. The van der Waals surface area contributed by atoms with Gasteiger partial charge in [0.05, 0.1) is 57.0 Å². The van der Waals surface area contributed by atoms with Gasteiger partial charge in [0.2, 0.25) is 5.91 Å². The van der Waals surface area contributed by atoms with Crippen molar-refractivity contribution in [3.63, 3.8) is 0 Å². The number of carbonyl (C=O) groups excluding carboxylic acids is 1. The zero-order valence-electron chi connectivity index (χ0n) is 17.8. The van der Waals surface area contributed by atoms with Gasteiger partial charge in [-0.05, 0) is 23.1 Å². The van der Waals surface area contributed by atoms with Crippen molar-refractivity contribution >= 4 is 11.6 Å². The van der Waals surface area contributed by atoms with Crippen molar-refractivity contribution in [2.45, 2.75) is 42.9 Å². The molecule has 6 aliphatic rings. The number of methoxy groups -OCH3 is 2. The summed E-state index contributed by atoms with van der Waals surface area (Å²) >= 11 is 0. The van der Waals surface area contributed by atoms with Crippen LogP contribution in [0.1, 0.15) is 24.8 Å². The fourth-order valence-corrected chi connectivity index (χ4v) is 8.13. The first-order valence-corrected chi connectivity index (χ1v) is 11.0. The average Bonchev–Trinajstić information content (AvgIpc) is 3.15. The van der Waals surface area contributed by atoms with Gasteiger partial charge >= 0.3 is 0 Å². The Balaban J connectivity index is 0.00000185. The number of nitrogens with zero attached hydrogens (tertiary/aromatic N) is 2. The molecule has 8 heteroatoms. The number of ether oxygens (including phenoxy) is 3. The number of rotatable bonds is 2. The van der Waals surface area contributed by atoms with Crippen LogP contribution in [0.2, 0.25) is 0 Å². The predicted octanol–water partition coefficient (Wildman–Crippen LogP) is 1.30. The standard InChI is InChI=1S/C23H26N2O5.H2O/c1-28-16-8-14-15(9-17(16)29-2)24-20(26)10-18-21-13-7-19-23(14,22(21)24)4-5-25(19,27)11-12(13)3-6-30-18;/h3,8-9,13,18-19,21-22H,4-7,10-11H2,1-2H3;1H2/t13-,18-,19-,21-,22-,23+,25+;/m0./s1. The van der Waals surface area contributed by atoms with Crippen LogP contribution in [0.25, 0.3) is 0 Å². The lowest BCUT2D eigenvalue weighted by Crippen LogP contribution is -2.71. The maximum absolute atomic E-state index is 14.1. The minimum absolute atomic E-state index is 0. The van der Waals surface area contributed by atoms with Gasteiger partial charge in [0.1, 0.15) is 12.6 Å². The summed E-state index contributed by atoms with van der Waals surface area (Å²) < 4.78 is 17.3. The predicted molar refractivity (Wildman–Crippen MR) is 112 cm³/mol. The minimum atomic E-state index is -0.328. The van der Waals surface area contributed by atoms with Crippen molar-refractivity contribution in [1.29, 1.82) is 0 Å². The smallest absolute Gasteiger partial charge is 0.229 e. The molecule has 1 amide bonds. The monoisotopic (exact) mass is 428 g/mol. The van der Waals surface area contributed by atoms with Crippen LogP contribution in [0.4, 0.5) is 5.69 Å². The first-order chi connectivity index (χ1) is 14.5. The Labute approximate surface area is 180 Å². The van der Waals surface area contributed by atoms with Crippen LogP contribution >= 0.6 is 0 Å². The van der Waals surface area contributed by atoms with Gasteiger partial charge in [-0.2, -0.15) is 0 Å². The molecule has 0 unspecified atom stereocenters. The van der Waals surface area contributed by atoms with Crippen LogP contribution in [-0.4, -0.2) is 68.1 Å². The van der Waals surface area contributed by atoms with E-state index in [-0.39, 0.29) is 45.6 Å².